The van der Waals surface area contributed by atoms with E-state index in [1.807, 2.05) is 6.92 Å². The van der Waals surface area contributed by atoms with Crippen molar-refractivity contribution in [1.82, 2.24) is 5.32 Å². The van der Waals surface area contributed by atoms with Gasteiger partial charge in [0.05, 0.1) is 5.02 Å². The van der Waals surface area contributed by atoms with Crippen LogP contribution in [0.4, 0.5) is 4.39 Å². The second-order valence-electron chi connectivity index (χ2n) is 3.64. The number of halogens is 3. The van der Waals surface area contributed by atoms with Crippen LogP contribution in [-0.2, 0) is 0 Å². The number of nitrogens with one attached hydrogen (secondary N) is 1. The largest absolute Gasteiger partial charge is 0.309 e. The molecule has 0 heterocycles. The van der Waals surface area contributed by atoms with E-state index in [0.29, 0.717) is 10.6 Å². The van der Waals surface area contributed by atoms with E-state index in [2.05, 4.69) is 17.2 Å². The molecule has 1 rings (SSSR count). The Bertz CT molecular complexity index is 449. The highest BCUT2D eigenvalue weighted by Gasteiger charge is 2.12. The molecule has 1 aromatic carbocycles. The third kappa shape index (κ3) is 4.20. The lowest BCUT2D eigenvalue weighted by Crippen LogP contribution is -2.20. The van der Waals surface area contributed by atoms with Crippen molar-refractivity contribution in [2.45, 2.75) is 26.3 Å². The van der Waals surface area contributed by atoms with E-state index in [0.717, 1.165) is 13.0 Å². The first-order valence-corrected chi connectivity index (χ1v) is 6.09. The monoisotopic (exact) mass is 273 g/mol. The highest BCUT2D eigenvalue weighted by Crippen LogP contribution is 2.28. The Morgan fingerprint density at radius 2 is 2.06 bits per heavy atom. The molecule has 17 heavy (non-hydrogen) atoms. The average Bonchev–Trinajstić information content (AvgIpc) is 2.29. The molecule has 1 atom stereocenters. The summed E-state index contributed by atoms with van der Waals surface area (Å²) >= 11 is 11.7. The van der Waals surface area contributed by atoms with Crippen LogP contribution in [0.2, 0.25) is 10.0 Å². The van der Waals surface area contributed by atoms with E-state index < -0.39 is 5.82 Å². The van der Waals surface area contributed by atoms with Crippen LogP contribution in [0.3, 0.4) is 0 Å². The maximum Gasteiger partial charge on any atom is 0.142 e. The van der Waals surface area contributed by atoms with Crippen molar-refractivity contribution in [3.05, 3.63) is 33.6 Å². The van der Waals surface area contributed by atoms with Crippen LogP contribution < -0.4 is 5.32 Å². The molecule has 1 nitrogen and oxygen atoms in total. The summed E-state index contributed by atoms with van der Waals surface area (Å²) in [5, 5.41) is 3.74. The second-order valence-corrected chi connectivity index (χ2v) is 4.45. The van der Waals surface area contributed by atoms with Gasteiger partial charge in [-0.05, 0) is 31.5 Å². The molecule has 0 bridgehead atoms. The molecule has 1 N–H and O–H groups in total. The Morgan fingerprint density at radius 1 is 1.35 bits per heavy atom. The Balaban J connectivity index is 2.70. The van der Waals surface area contributed by atoms with Gasteiger partial charge in [-0.1, -0.05) is 23.2 Å². The maximum absolute atomic E-state index is 13.3. The molecule has 0 amide bonds. The van der Waals surface area contributed by atoms with Crippen LogP contribution in [0.1, 0.15) is 31.9 Å². The van der Waals surface area contributed by atoms with E-state index in [4.69, 9.17) is 23.2 Å². The molecular weight excluding hydrogens is 260 g/mol. The van der Waals surface area contributed by atoms with E-state index in [-0.39, 0.29) is 11.1 Å². The van der Waals surface area contributed by atoms with E-state index in [9.17, 15) is 4.39 Å². The minimum absolute atomic E-state index is 0.0343. The fourth-order valence-corrected chi connectivity index (χ4v) is 2.00. The van der Waals surface area contributed by atoms with Gasteiger partial charge in [0.1, 0.15) is 5.82 Å². The average molecular weight is 274 g/mol. The summed E-state index contributed by atoms with van der Waals surface area (Å²) in [4.78, 5) is 0. The van der Waals surface area contributed by atoms with Crippen molar-refractivity contribution in [3.63, 3.8) is 0 Å². The molecular formula is C13H14Cl2FN. The number of rotatable bonds is 4. The fraction of sp³-hybridized carbons (Fsp3) is 0.385. The molecule has 0 aliphatic heterocycles. The molecule has 92 valence electrons. The summed E-state index contributed by atoms with van der Waals surface area (Å²) < 4.78 is 13.3. The van der Waals surface area contributed by atoms with Gasteiger partial charge in [-0.2, -0.15) is 0 Å². The van der Waals surface area contributed by atoms with Gasteiger partial charge in [-0.15, -0.1) is 11.8 Å². The first-order valence-electron chi connectivity index (χ1n) is 5.33. The first-order chi connectivity index (χ1) is 8.06. The van der Waals surface area contributed by atoms with Gasteiger partial charge in [0.15, 0.2) is 0 Å². The maximum atomic E-state index is 13.3. The van der Waals surface area contributed by atoms with Crippen LogP contribution in [0.25, 0.3) is 0 Å². The minimum atomic E-state index is -0.451. The molecule has 0 aliphatic carbocycles. The number of benzene rings is 1. The van der Waals surface area contributed by atoms with Crippen molar-refractivity contribution in [1.29, 1.82) is 0 Å². The number of hydrogen-bond acceptors (Lipinski definition) is 1. The van der Waals surface area contributed by atoms with Crippen molar-refractivity contribution >= 4 is 23.2 Å². The quantitative estimate of drug-likeness (QED) is 0.493. The van der Waals surface area contributed by atoms with Crippen LogP contribution in [0.5, 0.6) is 0 Å². The van der Waals surface area contributed by atoms with Gasteiger partial charge in [0.2, 0.25) is 0 Å². The van der Waals surface area contributed by atoms with Crippen molar-refractivity contribution in [2.24, 2.45) is 0 Å². The zero-order valence-electron chi connectivity index (χ0n) is 9.78. The summed E-state index contributed by atoms with van der Waals surface area (Å²) in [7, 11) is 0. The molecule has 0 aliphatic rings. The SMILES string of the molecule is CC#CCCNC(C)c1cc(F)c(Cl)cc1Cl. The summed E-state index contributed by atoms with van der Waals surface area (Å²) in [5.74, 6) is 5.31. The topological polar surface area (TPSA) is 12.0 Å². The van der Waals surface area contributed by atoms with Gasteiger partial charge < -0.3 is 5.32 Å². The number of hydrogen-bond donors (Lipinski definition) is 1. The second kappa shape index (κ2) is 6.86. The molecule has 4 heteroatoms. The normalized spacial score (nSPS) is 11.8. The molecule has 0 radical (unpaired) electrons. The molecule has 0 saturated heterocycles. The zero-order valence-corrected chi connectivity index (χ0v) is 11.3. The minimum Gasteiger partial charge on any atom is -0.309 e. The van der Waals surface area contributed by atoms with Gasteiger partial charge in [0.25, 0.3) is 0 Å². The zero-order chi connectivity index (χ0) is 12.8. The van der Waals surface area contributed by atoms with E-state index in [1.54, 1.807) is 6.92 Å². The third-order valence-electron chi connectivity index (χ3n) is 2.38. The summed E-state index contributed by atoms with van der Waals surface area (Å²) in [6.07, 6.45) is 0.758. The van der Waals surface area contributed by atoms with E-state index >= 15 is 0 Å². The predicted octanol–water partition coefficient (Wildman–Crippen LogP) is 4.20. The molecule has 0 spiro atoms. The van der Waals surface area contributed by atoms with Crippen LogP contribution in [0, 0.1) is 17.7 Å². The van der Waals surface area contributed by atoms with Crippen LogP contribution in [0.15, 0.2) is 12.1 Å². The van der Waals surface area contributed by atoms with Crippen LogP contribution >= 0.6 is 23.2 Å². The third-order valence-corrected chi connectivity index (χ3v) is 3.00. The lowest BCUT2D eigenvalue weighted by Gasteiger charge is -2.15. The first kappa shape index (κ1) is 14.3. The summed E-state index contributed by atoms with van der Waals surface area (Å²) in [6.45, 7) is 4.46. The van der Waals surface area contributed by atoms with Gasteiger partial charge in [-0.25, -0.2) is 4.39 Å². The Morgan fingerprint density at radius 3 is 2.71 bits per heavy atom. The molecule has 1 aromatic rings. The Labute approximate surface area is 111 Å². The van der Waals surface area contributed by atoms with Gasteiger partial charge >= 0.3 is 0 Å². The summed E-state index contributed by atoms with van der Waals surface area (Å²) in [5.41, 5.74) is 0.707. The van der Waals surface area contributed by atoms with Crippen LogP contribution in [-0.4, -0.2) is 6.54 Å². The Kier molecular flexibility index (Phi) is 5.77. The summed E-state index contributed by atoms with van der Waals surface area (Å²) in [6, 6.07) is 2.76. The highest BCUT2D eigenvalue weighted by molar-refractivity contribution is 6.35. The molecule has 0 saturated carbocycles. The van der Waals surface area contributed by atoms with Gasteiger partial charge in [0, 0.05) is 24.0 Å². The molecule has 0 fully saturated rings. The standard InChI is InChI=1S/C13H14Cl2FN/c1-3-4-5-6-17-9(2)10-7-13(16)12(15)8-11(10)14/h7-9,17H,5-6H2,1-2H3. The fourth-order valence-electron chi connectivity index (χ4n) is 1.46. The Hall–Kier alpha value is -0.750. The lowest BCUT2D eigenvalue weighted by molar-refractivity contribution is 0.573. The lowest BCUT2D eigenvalue weighted by atomic mass is 10.1. The van der Waals surface area contributed by atoms with Crippen molar-refractivity contribution < 1.29 is 4.39 Å². The van der Waals surface area contributed by atoms with Gasteiger partial charge in [-0.3, -0.25) is 0 Å². The van der Waals surface area contributed by atoms with Crippen molar-refractivity contribution in [2.75, 3.05) is 6.54 Å². The molecule has 1 unspecified atom stereocenters. The molecule has 0 aromatic heterocycles. The van der Waals surface area contributed by atoms with E-state index in [1.165, 1.54) is 12.1 Å². The predicted molar refractivity (Wildman–Crippen MR) is 70.9 cm³/mol. The smallest absolute Gasteiger partial charge is 0.142 e. The van der Waals surface area contributed by atoms with Crippen molar-refractivity contribution in [3.8, 4) is 11.8 Å². The highest BCUT2D eigenvalue weighted by atomic mass is 35.5.